The average Bonchev–Trinajstić information content (AvgIpc) is 2.01. The quantitative estimate of drug-likeness (QED) is 0.490. The molecule has 0 radical (unpaired) electrons. The van der Waals surface area contributed by atoms with Gasteiger partial charge in [-0.1, -0.05) is 58.0 Å². The van der Waals surface area contributed by atoms with Crippen molar-refractivity contribution in [3.05, 3.63) is 0 Å². The molecule has 0 amide bonds. The number of hydrogen-bond acceptors (Lipinski definition) is 0. The average molecular weight is 178 g/mol. The van der Waals surface area contributed by atoms with Crippen LogP contribution in [0.4, 0.5) is 0 Å². The molecule has 74 valence electrons. The fourth-order valence-corrected chi connectivity index (χ4v) is 3.44. The zero-order chi connectivity index (χ0) is 9.47. The highest BCUT2D eigenvalue weighted by Gasteiger charge is 2.39. The van der Waals surface area contributed by atoms with Gasteiger partial charge in [0, 0.05) is 0 Å². The first-order valence-corrected chi connectivity index (χ1v) is 6.05. The second kappa shape index (κ2) is 3.33. The molecule has 0 aromatic carbocycles. The normalized spacial score (nSPS) is 34.8. The fraction of sp³-hybridized carbons (Fsp3) is 1.00. The van der Waals surface area contributed by atoms with E-state index in [2.05, 4.69) is 20.8 Å². The molecular formula is C12H23B. The van der Waals surface area contributed by atoms with Crippen molar-refractivity contribution in [1.82, 2.24) is 0 Å². The molecule has 0 aromatic rings. The number of rotatable bonds is 0. The van der Waals surface area contributed by atoms with Crippen molar-refractivity contribution < 1.29 is 0 Å². The van der Waals surface area contributed by atoms with Crippen LogP contribution in [0.15, 0.2) is 0 Å². The summed E-state index contributed by atoms with van der Waals surface area (Å²) in [6.07, 6.45) is 9.20. The van der Waals surface area contributed by atoms with Gasteiger partial charge < -0.3 is 0 Å². The van der Waals surface area contributed by atoms with E-state index in [9.17, 15) is 0 Å². The molecule has 1 aliphatic heterocycles. The summed E-state index contributed by atoms with van der Waals surface area (Å²) in [4.78, 5) is 0. The number of hydrogen-bond donors (Lipinski definition) is 0. The highest BCUT2D eigenvalue weighted by Crippen LogP contribution is 2.46. The lowest BCUT2D eigenvalue weighted by Gasteiger charge is -2.42. The monoisotopic (exact) mass is 178 g/mol. The standard InChI is InChI=1S/C12H23B/c1-12(2,3)13-8-10-5-4-6-11(7-10)9-13/h10-11H,4-9H2,1-3H3. The van der Waals surface area contributed by atoms with Crippen LogP contribution in [0, 0.1) is 11.8 Å². The molecule has 2 fully saturated rings. The Balaban J connectivity index is 2.01. The van der Waals surface area contributed by atoms with Crippen molar-refractivity contribution in [2.24, 2.45) is 11.8 Å². The molecule has 13 heavy (non-hydrogen) atoms. The third kappa shape index (κ3) is 2.11. The third-order valence-electron chi connectivity index (χ3n) is 4.35. The lowest BCUT2D eigenvalue weighted by molar-refractivity contribution is 0.278. The van der Waals surface area contributed by atoms with Crippen LogP contribution in [-0.2, 0) is 0 Å². The Morgan fingerprint density at radius 1 is 1.00 bits per heavy atom. The van der Waals surface area contributed by atoms with E-state index in [0.717, 1.165) is 18.5 Å². The smallest absolute Gasteiger partial charge is 0.0708 e. The molecule has 2 unspecified atom stereocenters. The molecule has 2 atom stereocenters. The maximum Gasteiger partial charge on any atom is 0.146 e. The molecule has 1 heterocycles. The Morgan fingerprint density at radius 2 is 1.54 bits per heavy atom. The van der Waals surface area contributed by atoms with Crippen LogP contribution in [0.3, 0.4) is 0 Å². The molecule has 0 N–H and O–H groups in total. The van der Waals surface area contributed by atoms with E-state index >= 15 is 0 Å². The van der Waals surface area contributed by atoms with Gasteiger partial charge in [0.15, 0.2) is 0 Å². The van der Waals surface area contributed by atoms with Crippen LogP contribution >= 0.6 is 0 Å². The summed E-state index contributed by atoms with van der Waals surface area (Å²) < 4.78 is 0. The highest BCUT2D eigenvalue weighted by atomic mass is 14.3. The zero-order valence-corrected chi connectivity index (χ0v) is 9.47. The van der Waals surface area contributed by atoms with E-state index in [1.165, 1.54) is 31.9 Å². The predicted molar refractivity (Wildman–Crippen MR) is 60.5 cm³/mol. The van der Waals surface area contributed by atoms with Gasteiger partial charge in [0.1, 0.15) is 6.71 Å². The Morgan fingerprint density at radius 3 is 2.00 bits per heavy atom. The first kappa shape index (κ1) is 9.61. The summed E-state index contributed by atoms with van der Waals surface area (Å²) in [5, 5.41) is 0.564. The van der Waals surface area contributed by atoms with Crippen LogP contribution in [0.25, 0.3) is 0 Å². The molecule has 0 spiro atoms. The molecule has 1 saturated carbocycles. The second-order valence-electron chi connectivity index (χ2n) is 6.43. The molecule has 2 bridgehead atoms. The molecule has 2 rings (SSSR count). The van der Waals surface area contributed by atoms with Crippen LogP contribution < -0.4 is 0 Å². The maximum absolute atomic E-state index is 2.43. The minimum absolute atomic E-state index is 0.564. The SMILES string of the molecule is CC(C)(C)B1CC2CCCC(C1)C2. The Labute approximate surface area is 83.6 Å². The topological polar surface area (TPSA) is 0 Å². The lowest BCUT2D eigenvalue weighted by Crippen LogP contribution is -2.37. The van der Waals surface area contributed by atoms with Crippen molar-refractivity contribution in [2.45, 2.75) is 64.4 Å². The Kier molecular flexibility index (Phi) is 2.46. The van der Waals surface area contributed by atoms with Crippen molar-refractivity contribution in [3.63, 3.8) is 0 Å². The molecule has 1 aliphatic carbocycles. The molecule has 0 aromatic heterocycles. The lowest BCUT2D eigenvalue weighted by atomic mass is 9.26. The first-order chi connectivity index (χ1) is 6.05. The van der Waals surface area contributed by atoms with Gasteiger partial charge in [-0.2, -0.15) is 0 Å². The van der Waals surface area contributed by atoms with Gasteiger partial charge in [-0.15, -0.1) is 0 Å². The van der Waals surface area contributed by atoms with E-state index in [1.54, 1.807) is 6.42 Å². The van der Waals surface area contributed by atoms with E-state index in [4.69, 9.17) is 0 Å². The zero-order valence-electron chi connectivity index (χ0n) is 9.47. The third-order valence-corrected chi connectivity index (χ3v) is 4.35. The molecular weight excluding hydrogens is 155 g/mol. The minimum Gasteiger partial charge on any atom is -0.0708 e. The minimum atomic E-state index is 0.564. The maximum atomic E-state index is 2.43. The van der Waals surface area contributed by atoms with E-state index in [0.29, 0.717) is 5.31 Å². The summed E-state index contributed by atoms with van der Waals surface area (Å²) in [7, 11) is 0. The van der Waals surface area contributed by atoms with E-state index < -0.39 is 0 Å². The van der Waals surface area contributed by atoms with Gasteiger partial charge in [-0.25, -0.2) is 0 Å². The summed E-state index contributed by atoms with van der Waals surface area (Å²) in [5.74, 6) is 2.19. The fourth-order valence-electron chi connectivity index (χ4n) is 3.44. The Bertz CT molecular complexity index is 168. The van der Waals surface area contributed by atoms with Crippen molar-refractivity contribution in [3.8, 4) is 0 Å². The van der Waals surface area contributed by atoms with Crippen LogP contribution in [0.1, 0.15) is 46.5 Å². The first-order valence-electron chi connectivity index (χ1n) is 6.05. The molecule has 2 aliphatic rings. The van der Waals surface area contributed by atoms with Gasteiger partial charge in [0.2, 0.25) is 0 Å². The summed E-state index contributed by atoms with van der Waals surface area (Å²) in [6.45, 7) is 8.30. The van der Waals surface area contributed by atoms with Crippen LogP contribution in [-0.4, -0.2) is 6.71 Å². The van der Waals surface area contributed by atoms with Gasteiger partial charge in [-0.3, -0.25) is 0 Å². The van der Waals surface area contributed by atoms with Gasteiger partial charge >= 0.3 is 0 Å². The summed E-state index contributed by atoms with van der Waals surface area (Å²) in [6, 6.07) is 0. The van der Waals surface area contributed by atoms with Crippen LogP contribution in [0.5, 0.6) is 0 Å². The largest absolute Gasteiger partial charge is 0.146 e. The van der Waals surface area contributed by atoms with Gasteiger partial charge in [0.05, 0.1) is 0 Å². The molecule has 1 saturated heterocycles. The van der Waals surface area contributed by atoms with Crippen molar-refractivity contribution in [2.75, 3.05) is 0 Å². The van der Waals surface area contributed by atoms with Gasteiger partial charge in [-0.05, 0) is 18.3 Å². The van der Waals surface area contributed by atoms with E-state index in [1.807, 2.05) is 0 Å². The summed E-state index contributed by atoms with van der Waals surface area (Å²) in [5.41, 5.74) is 0. The van der Waals surface area contributed by atoms with Crippen molar-refractivity contribution >= 4 is 6.71 Å². The highest BCUT2D eigenvalue weighted by molar-refractivity contribution is 6.62. The second-order valence-corrected chi connectivity index (χ2v) is 6.43. The molecule has 0 nitrogen and oxygen atoms in total. The van der Waals surface area contributed by atoms with Crippen LogP contribution in [0.2, 0.25) is 18.0 Å². The van der Waals surface area contributed by atoms with Crippen molar-refractivity contribution in [1.29, 1.82) is 0 Å². The van der Waals surface area contributed by atoms with Gasteiger partial charge in [0.25, 0.3) is 0 Å². The van der Waals surface area contributed by atoms with E-state index in [-0.39, 0.29) is 0 Å². The number of fused-ring (bicyclic) bond motifs is 2. The predicted octanol–water partition coefficient (Wildman–Crippen LogP) is 4.10. The molecule has 1 heteroatoms. The summed E-state index contributed by atoms with van der Waals surface area (Å²) >= 11 is 0. The Hall–Kier alpha value is 0.0649.